The van der Waals surface area contributed by atoms with E-state index in [1.807, 2.05) is 0 Å². The first-order valence-electron chi connectivity index (χ1n) is 4.07. The van der Waals surface area contributed by atoms with Gasteiger partial charge in [-0.3, -0.25) is 9.48 Å². The maximum atomic E-state index is 10.7. The summed E-state index contributed by atoms with van der Waals surface area (Å²) in [5.74, 6) is 0.516. The summed E-state index contributed by atoms with van der Waals surface area (Å²) in [6.45, 7) is 0. The van der Waals surface area contributed by atoms with Crippen molar-refractivity contribution >= 4 is 6.29 Å². The lowest BCUT2D eigenvalue weighted by atomic mass is 10.2. The third-order valence-electron chi connectivity index (χ3n) is 1.78. The van der Waals surface area contributed by atoms with Crippen LogP contribution in [-0.4, -0.2) is 26.0 Å². The van der Waals surface area contributed by atoms with Gasteiger partial charge in [0, 0.05) is 25.6 Å². The molecule has 0 unspecified atom stereocenters. The summed E-state index contributed by atoms with van der Waals surface area (Å²) in [5, 5.41) is 3.97. The number of carbonyl (C=O) groups excluding carboxylic acids is 1. The Hall–Kier alpha value is -2.04. The van der Waals surface area contributed by atoms with Crippen LogP contribution in [0.15, 0.2) is 24.7 Å². The SMILES string of the molecule is Cn1cc(-c2ncccn2)c(C=O)n1. The zero-order valence-corrected chi connectivity index (χ0v) is 7.58. The van der Waals surface area contributed by atoms with Crippen LogP contribution in [0.1, 0.15) is 10.5 Å². The molecule has 0 fully saturated rings. The highest BCUT2D eigenvalue weighted by atomic mass is 16.1. The van der Waals surface area contributed by atoms with Crippen LogP contribution in [0, 0.1) is 0 Å². The van der Waals surface area contributed by atoms with E-state index >= 15 is 0 Å². The number of rotatable bonds is 2. The molecule has 0 aliphatic carbocycles. The van der Waals surface area contributed by atoms with Gasteiger partial charge in [0.1, 0.15) is 5.69 Å². The molecule has 2 aromatic rings. The second-order valence-corrected chi connectivity index (χ2v) is 2.79. The highest BCUT2D eigenvalue weighted by Gasteiger charge is 2.10. The van der Waals surface area contributed by atoms with E-state index in [4.69, 9.17) is 0 Å². The van der Waals surface area contributed by atoms with Crippen LogP contribution >= 0.6 is 0 Å². The van der Waals surface area contributed by atoms with Gasteiger partial charge in [-0.05, 0) is 6.07 Å². The molecule has 70 valence electrons. The Kier molecular flexibility index (Phi) is 2.06. The molecule has 2 heterocycles. The Bertz CT molecular complexity index is 449. The van der Waals surface area contributed by atoms with Gasteiger partial charge < -0.3 is 0 Å². The van der Waals surface area contributed by atoms with Crippen molar-refractivity contribution in [2.45, 2.75) is 0 Å². The van der Waals surface area contributed by atoms with Gasteiger partial charge >= 0.3 is 0 Å². The van der Waals surface area contributed by atoms with Gasteiger partial charge in [-0.25, -0.2) is 9.97 Å². The molecule has 0 aliphatic heterocycles. The molecule has 0 bridgehead atoms. The van der Waals surface area contributed by atoms with Gasteiger partial charge in [-0.15, -0.1) is 0 Å². The van der Waals surface area contributed by atoms with Crippen LogP contribution in [-0.2, 0) is 7.05 Å². The van der Waals surface area contributed by atoms with Crippen molar-refractivity contribution in [2.75, 3.05) is 0 Å². The highest BCUT2D eigenvalue weighted by molar-refractivity contribution is 5.82. The summed E-state index contributed by atoms with van der Waals surface area (Å²) in [7, 11) is 1.75. The fourth-order valence-corrected chi connectivity index (χ4v) is 1.20. The topological polar surface area (TPSA) is 60.7 Å². The van der Waals surface area contributed by atoms with Crippen molar-refractivity contribution in [1.82, 2.24) is 19.7 Å². The number of aryl methyl sites for hydroxylation is 1. The normalized spacial score (nSPS) is 10.1. The van der Waals surface area contributed by atoms with Crippen molar-refractivity contribution in [2.24, 2.45) is 7.05 Å². The van der Waals surface area contributed by atoms with Crippen molar-refractivity contribution in [1.29, 1.82) is 0 Å². The summed E-state index contributed by atoms with van der Waals surface area (Å²) in [4.78, 5) is 18.8. The molecule has 0 saturated carbocycles. The lowest BCUT2D eigenvalue weighted by molar-refractivity contribution is 0.111. The fraction of sp³-hybridized carbons (Fsp3) is 0.111. The molecule has 2 aromatic heterocycles. The number of hydrogen-bond donors (Lipinski definition) is 0. The van der Waals surface area contributed by atoms with E-state index in [1.165, 1.54) is 0 Å². The Balaban J connectivity index is 2.56. The maximum absolute atomic E-state index is 10.7. The second-order valence-electron chi connectivity index (χ2n) is 2.79. The van der Waals surface area contributed by atoms with Crippen LogP contribution in [0.5, 0.6) is 0 Å². The number of nitrogens with zero attached hydrogens (tertiary/aromatic N) is 4. The van der Waals surface area contributed by atoms with Crippen molar-refractivity contribution in [3.63, 3.8) is 0 Å². The first-order valence-corrected chi connectivity index (χ1v) is 4.07. The lowest BCUT2D eigenvalue weighted by Crippen LogP contribution is -1.90. The molecule has 0 amide bonds. The van der Waals surface area contributed by atoms with E-state index in [0.717, 1.165) is 0 Å². The number of aromatic nitrogens is 4. The third-order valence-corrected chi connectivity index (χ3v) is 1.78. The molecule has 0 spiro atoms. The van der Waals surface area contributed by atoms with Crippen LogP contribution in [0.2, 0.25) is 0 Å². The number of hydrogen-bond acceptors (Lipinski definition) is 4. The molecule has 0 aliphatic rings. The van der Waals surface area contributed by atoms with E-state index in [2.05, 4.69) is 15.1 Å². The standard InChI is InChI=1S/C9H8N4O/c1-13-5-7(8(6-14)12-13)9-10-3-2-4-11-9/h2-6H,1H3. The molecule has 0 atom stereocenters. The summed E-state index contributed by atoms with van der Waals surface area (Å²) in [6, 6.07) is 1.72. The Morgan fingerprint density at radius 2 is 2.07 bits per heavy atom. The van der Waals surface area contributed by atoms with E-state index in [9.17, 15) is 4.79 Å². The predicted octanol–water partition coefficient (Wildman–Crippen LogP) is 0.690. The first kappa shape index (κ1) is 8.55. The van der Waals surface area contributed by atoms with Crippen LogP contribution in [0.4, 0.5) is 0 Å². The van der Waals surface area contributed by atoms with E-state index in [0.29, 0.717) is 23.4 Å². The fourth-order valence-electron chi connectivity index (χ4n) is 1.20. The quantitative estimate of drug-likeness (QED) is 0.650. The van der Waals surface area contributed by atoms with Crippen molar-refractivity contribution in [3.05, 3.63) is 30.4 Å². The molecule has 14 heavy (non-hydrogen) atoms. The van der Waals surface area contributed by atoms with Gasteiger partial charge in [-0.1, -0.05) is 0 Å². The summed E-state index contributed by atoms with van der Waals surface area (Å²) in [6.07, 6.45) is 5.68. The second kappa shape index (κ2) is 3.37. The monoisotopic (exact) mass is 188 g/mol. The van der Waals surface area contributed by atoms with Crippen LogP contribution < -0.4 is 0 Å². The molecular weight excluding hydrogens is 180 g/mol. The van der Waals surface area contributed by atoms with E-state index in [1.54, 1.807) is 36.4 Å². The van der Waals surface area contributed by atoms with Crippen LogP contribution in [0.3, 0.4) is 0 Å². The Labute approximate surface area is 80.4 Å². The molecule has 0 saturated heterocycles. The lowest BCUT2D eigenvalue weighted by Gasteiger charge is -1.93. The smallest absolute Gasteiger partial charge is 0.171 e. The summed E-state index contributed by atoms with van der Waals surface area (Å²) in [5.41, 5.74) is 1.02. The number of aldehydes is 1. The maximum Gasteiger partial charge on any atom is 0.171 e. The largest absolute Gasteiger partial charge is 0.296 e. The van der Waals surface area contributed by atoms with E-state index < -0.39 is 0 Å². The minimum Gasteiger partial charge on any atom is -0.296 e. The predicted molar refractivity (Wildman–Crippen MR) is 49.6 cm³/mol. The molecule has 5 heteroatoms. The van der Waals surface area contributed by atoms with Gasteiger partial charge in [0.15, 0.2) is 12.1 Å². The Morgan fingerprint density at radius 3 is 2.71 bits per heavy atom. The summed E-state index contributed by atoms with van der Waals surface area (Å²) >= 11 is 0. The Morgan fingerprint density at radius 1 is 1.36 bits per heavy atom. The molecular formula is C9H8N4O. The molecule has 0 N–H and O–H groups in total. The average Bonchev–Trinajstić information content (AvgIpc) is 2.61. The molecule has 0 radical (unpaired) electrons. The highest BCUT2D eigenvalue weighted by Crippen LogP contribution is 2.15. The zero-order chi connectivity index (χ0) is 9.97. The zero-order valence-electron chi connectivity index (χ0n) is 7.58. The van der Waals surface area contributed by atoms with Crippen LogP contribution in [0.25, 0.3) is 11.4 Å². The number of carbonyl (C=O) groups is 1. The van der Waals surface area contributed by atoms with Gasteiger partial charge in [0.2, 0.25) is 0 Å². The van der Waals surface area contributed by atoms with Crippen molar-refractivity contribution in [3.8, 4) is 11.4 Å². The van der Waals surface area contributed by atoms with Gasteiger partial charge in [0.05, 0.1) is 5.56 Å². The average molecular weight is 188 g/mol. The van der Waals surface area contributed by atoms with Crippen molar-refractivity contribution < 1.29 is 4.79 Å². The summed E-state index contributed by atoms with van der Waals surface area (Å²) < 4.78 is 1.56. The minimum atomic E-state index is 0.360. The van der Waals surface area contributed by atoms with Gasteiger partial charge in [-0.2, -0.15) is 5.10 Å². The molecule has 2 rings (SSSR count). The van der Waals surface area contributed by atoms with Gasteiger partial charge in [0.25, 0.3) is 0 Å². The minimum absolute atomic E-state index is 0.360. The molecule has 0 aromatic carbocycles. The molecule has 5 nitrogen and oxygen atoms in total. The van der Waals surface area contributed by atoms with E-state index in [-0.39, 0.29) is 0 Å². The third kappa shape index (κ3) is 1.39. The first-order chi connectivity index (χ1) is 6.81.